The predicted octanol–water partition coefficient (Wildman–Crippen LogP) is 3.28. The van der Waals surface area contributed by atoms with E-state index < -0.39 is 0 Å². The lowest BCUT2D eigenvalue weighted by Gasteiger charge is -2.09. The Bertz CT molecular complexity index is 544. The Morgan fingerprint density at radius 3 is 2.40 bits per heavy atom. The lowest BCUT2D eigenvalue weighted by Crippen LogP contribution is -2.37. The van der Waals surface area contributed by atoms with E-state index in [1.807, 2.05) is 54.6 Å². The van der Waals surface area contributed by atoms with Gasteiger partial charge in [-0.25, -0.2) is 4.79 Å². The molecule has 0 spiro atoms. The molecular weight excluding hydrogens is 320 g/mol. The standard InChI is InChI=1S/C15H15BrN2O2/c16-13-8-6-12(7-9-13)10-17-15(19)18-11-20-14-4-2-1-3-5-14/h1-9H,10-11H2,(H2,17,18,19). The molecule has 2 aromatic rings. The fraction of sp³-hybridized carbons (Fsp3) is 0.133. The number of carbonyl (C=O) groups excluding carboxylic acids is 1. The summed E-state index contributed by atoms with van der Waals surface area (Å²) >= 11 is 3.37. The van der Waals surface area contributed by atoms with Crippen molar-refractivity contribution in [2.75, 3.05) is 6.73 Å². The summed E-state index contributed by atoms with van der Waals surface area (Å²) in [5.41, 5.74) is 1.03. The minimum Gasteiger partial charge on any atom is -0.473 e. The fourth-order valence-corrected chi connectivity index (χ4v) is 1.81. The monoisotopic (exact) mass is 334 g/mol. The SMILES string of the molecule is O=C(NCOc1ccccc1)NCc1ccc(Br)cc1. The van der Waals surface area contributed by atoms with Crippen LogP contribution in [0.2, 0.25) is 0 Å². The number of amides is 2. The second-order valence-electron chi connectivity index (χ2n) is 4.09. The van der Waals surface area contributed by atoms with Crippen LogP contribution in [-0.4, -0.2) is 12.8 Å². The van der Waals surface area contributed by atoms with Gasteiger partial charge in [0.15, 0.2) is 6.73 Å². The van der Waals surface area contributed by atoms with Gasteiger partial charge < -0.3 is 15.4 Å². The summed E-state index contributed by atoms with van der Waals surface area (Å²) in [6.07, 6.45) is 0. The Morgan fingerprint density at radius 2 is 1.70 bits per heavy atom. The van der Waals surface area contributed by atoms with Gasteiger partial charge in [-0.15, -0.1) is 0 Å². The normalized spacial score (nSPS) is 9.85. The molecule has 0 heterocycles. The number of hydrogen-bond donors (Lipinski definition) is 2. The van der Waals surface area contributed by atoms with Gasteiger partial charge in [-0.05, 0) is 29.8 Å². The molecule has 0 saturated heterocycles. The first-order valence-electron chi connectivity index (χ1n) is 6.18. The number of halogens is 1. The first kappa shape index (κ1) is 14.4. The summed E-state index contributed by atoms with van der Waals surface area (Å²) in [6.45, 7) is 0.612. The molecule has 5 heteroatoms. The first-order chi connectivity index (χ1) is 9.74. The van der Waals surface area contributed by atoms with E-state index in [1.165, 1.54) is 0 Å². The van der Waals surface area contributed by atoms with E-state index in [-0.39, 0.29) is 12.8 Å². The van der Waals surface area contributed by atoms with Gasteiger partial charge >= 0.3 is 6.03 Å². The van der Waals surface area contributed by atoms with Gasteiger partial charge in [-0.2, -0.15) is 0 Å². The van der Waals surface area contributed by atoms with Gasteiger partial charge in [-0.3, -0.25) is 0 Å². The van der Waals surface area contributed by atoms with Gasteiger partial charge in [0.25, 0.3) is 0 Å². The fourth-order valence-electron chi connectivity index (χ4n) is 1.55. The molecule has 104 valence electrons. The second kappa shape index (κ2) is 7.55. The molecule has 20 heavy (non-hydrogen) atoms. The van der Waals surface area contributed by atoms with Crippen molar-refractivity contribution in [3.8, 4) is 5.75 Å². The van der Waals surface area contributed by atoms with Crippen molar-refractivity contribution in [2.45, 2.75) is 6.54 Å². The Hall–Kier alpha value is -2.01. The van der Waals surface area contributed by atoms with Gasteiger partial charge in [0.1, 0.15) is 5.75 Å². The Labute approximate surface area is 126 Å². The van der Waals surface area contributed by atoms with Crippen LogP contribution in [0, 0.1) is 0 Å². The lowest BCUT2D eigenvalue weighted by molar-refractivity contribution is 0.223. The number of para-hydroxylation sites is 1. The highest BCUT2D eigenvalue weighted by Crippen LogP contribution is 2.10. The minimum absolute atomic E-state index is 0.135. The molecule has 0 aliphatic rings. The zero-order valence-corrected chi connectivity index (χ0v) is 12.4. The molecule has 0 unspecified atom stereocenters. The highest BCUT2D eigenvalue weighted by Gasteiger charge is 2.00. The van der Waals surface area contributed by atoms with Crippen LogP contribution in [0.4, 0.5) is 4.79 Å². The Kier molecular flexibility index (Phi) is 5.43. The van der Waals surface area contributed by atoms with E-state index >= 15 is 0 Å². The Balaban J connectivity index is 1.67. The van der Waals surface area contributed by atoms with Gasteiger partial charge in [0.2, 0.25) is 0 Å². The zero-order chi connectivity index (χ0) is 14.2. The lowest BCUT2D eigenvalue weighted by atomic mass is 10.2. The highest BCUT2D eigenvalue weighted by molar-refractivity contribution is 9.10. The van der Waals surface area contributed by atoms with E-state index in [0.29, 0.717) is 6.54 Å². The summed E-state index contributed by atoms with van der Waals surface area (Å²) < 4.78 is 6.38. The molecule has 0 atom stereocenters. The van der Waals surface area contributed by atoms with Gasteiger partial charge in [0, 0.05) is 11.0 Å². The van der Waals surface area contributed by atoms with Crippen LogP contribution in [0.15, 0.2) is 59.1 Å². The molecule has 0 saturated carbocycles. The van der Waals surface area contributed by atoms with E-state index in [2.05, 4.69) is 26.6 Å². The molecule has 2 N–H and O–H groups in total. The zero-order valence-electron chi connectivity index (χ0n) is 10.8. The van der Waals surface area contributed by atoms with Crippen LogP contribution >= 0.6 is 15.9 Å². The van der Waals surface area contributed by atoms with Crippen molar-refractivity contribution in [3.63, 3.8) is 0 Å². The molecule has 0 bridgehead atoms. The summed E-state index contributed by atoms with van der Waals surface area (Å²) in [7, 11) is 0. The number of rotatable bonds is 5. The number of hydrogen-bond acceptors (Lipinski definition) is 2. The smallest absolute Gasteiger partial charge is 0.317 e. The molecule has 2 amide bonds. The molecule has 0 aliphatic carbocycles. The molecule has 0 aromatic heterocycles. The van der Waals surface area contributed by atoms with Crippen molar-refractivity contribution in [3.05, 3.63) is 64.6 Å². The van der Waals surface area contributed by atoms with Gasteiger partial charge in [-0.1, -0.05) is 46.3 Å². The van der Waals surface area contributed by atoms with Crippen LogP contribution in [0.3, 0.4) is 0 Å². The third-order valence-electron chi connectivity index (χ3n) is 2.58. The van der Waals surface area contributed by atoms with Crippen molar-refractivity contribution in [1.29, 1.82) is 0 Å². The van der Waals surface area contributed by atoms with Gasteiger partial charge in [0.05, 0.1) is 0 Å². The second-order valence-corrected chi connectivity index (χ2v) is 5.00. The predicted molar refractivity (Wildman–Crippen MR) is 81.5 cm³/mol. The van der Waals surface area contributed by atoms with Crippen LogP contribution < -0.4 is 15.4 Å². The van der Waals surface area contributed by atoms with Crippen molar-refractivity contribution >= 4 is 22.0 Å². The summed E-state index contributed by atoms with van der Waals surface area (Å²) in [6, 6.07) is 16.8. The highest BCUT2D eigenvalue weighted by atomic mass is 79.9. The molecule has 4 nitrogen and oxygen atoms in total. The molecule has 0 aliphatic heterocycles. The largest absolute Gasteiger partial charge is 0.473 e. The van der Waals surface area contributed by atoms with E-state index in [4.69, 9.17) is 4.74 Å². The topological polar surface area (TPSA) is 50.4 Å². The molecule has 2 aromatic carbocycles. The molecule has 0 fully saturated rings. The van der Waals surface area contributed by atoms with Crippen LogP contribution in [0.5, 0.6) is 5.75 Å². The quantitative estimate of drug-likeness (QED) is 0.824. The maximum Gasteiger partial charge on any atom is 0.317 e. The first-order valence-corrected chi connectivity index (χ1v) is 6.97. The van der Waals surface area contributed by atoms with Crippen LogP contribution in [0.25, 0.3) is 0 Å². The number of urea groups is 1. The third kappa shape index (κ3) is 4.93. The summed E-state index contributed by atoms with van der Waals surface area (Å²) in [4.78, 5) is 11.6. The average Bonchev–Trinajstić information content (AvgIpc) is 2.48. The van der Waals surface area contributed by atoms with Crippen LogP contribution in [-0.2, 0) is 6.54 Å². The number of nitrogens with one attached hydrogen (secondary N) is 2. The minimum atomic E-state index is -0.260. The van der Waals surface area contributed by atoms with Crippen molar-refractivity contribution in [1.82, 2.24) is 10.6 Å². The molecule has 2 rings (SSSR count). The molecular formula is C15H15BrN2O2. The maximum absolute atomic E-state index is 11.6. The van der Waals surface area contributed by atoms with E-state index in [1.54, 1.807) is 0 Å². The third-order valence-corrected chi connectivity index (χ3v) is 3.11. The number of ether oxygens (including phenoxy) is 1. The van der Waals surface area contributed by atoms with Crippen molar-refractivity contribution in [2.24, 2.45) is 0 Å². The van der Waals surface area contributed by atoms with E-state index in [0.717, 1.165) is 15.8 Å². The average molecular weight is 335 g/mol. The molecule has 0 radical (unpaired) electrons. The number of carbonyl (C=O) groups is 1. The number of benzene rings is 2. The summed E-state index contributed by atoms with van der Waals surface area (Å²) in [5, 5.41) is 5.39. The maximum atomic E-state index is 11.6. The van der Waals surface area contributed by atoms with E-state index in [9.17, 15) is 4.79 Å². The Morgan fingerprint density at radius 1 is 1.00 bits per heavy atom. The van der Waals surface area contributed by atoms with Crippen molar-refractivity contribution < 1.29 is 9.53 Å². The summed E-state index contributed by atoms with van der Waals surface area (Å²) in [5.74, 6) is 0.723. The van der Waals surface area contributed by atoms with Crippen LogP contribution in [0.1, 0.15) is 5.56 Å².